The van der Waals surface area contributed by atoms with Gasteiger partial charge in [0.25, 0.3) is 0 Å². The molecule has 2 aromatic rings. The van der Waals surface area contributed by atoms with Gasteiger partial charge >= 0.3 is 0 Å². The van der Waals surface area contributed by atoms with Crippen LogP contribution in [0.15, 0.2) is 35.1 Å². The summed E-state index contributed by atoms with van der Waals surface area (Å²) in [7, 11) is 3.98. The van der Waals surface area contributed by atoms with Crippen LogP contribution in [0.25, 0.3) is 0 Å². The molecule has 0 spiro atoms. The largest absolute Gasteiger partial charge is 0.383 e. The first-order chi connectivity index (χ1) is 8.59. The van der Waals surface area contributed by atoms with Crippen molar-refractivity contribution in [3.05, 3.63) is 35.1 Å². The summed E-state index contributed by atoms with van der Waals surface area (Å²) in [5.41, 5.74) is 7.75. The van der Waals surface area contributed by atoms with Gasteiger partial charge in [0.2, 0.25) is 0 Å². The van der Waals surface area contributed by atoms with Crippen molar-refractivity contribution in [2.24, 2.45) is 0 Å². The maximum atomic E-state index is 5.72. The van der Waals surface area contributed by atoms with Crippen LogP contribution in [0.3, 0.4) is 0 Å². The van der Waals surface area contributed by atoms with E-state index < -0.39 is 0 Å². The summed E-state index contributed by atoms with van der Waals surface area (Å²) in [5, 5.41) is 3.24. The highest BCUT2D eigenvalue weighted by molar-refractivity contribution is 9.10. The van der Waals surface area contributed by atoms with Crippen LogP contribution in [0.2, 0.25) is 0 Å². The number of benzene rings is 1. The van der Waals surface area contributed by atoms with E-state index in [9.17, 15) is 0 Å². The Morgan fingerprint density at radius 3 is 2.67 bits per heavy atom. The molecule has 0 aliphatic carbocycles. The number of hydrogen-bond donors (Lipinski definition) is 2. The quantitative estimate of drug-likeness (QED) is 0.912. The van der Waals surface area contributed by atoms with Gasteiger partial charge in [0.05, 0.1) is 11.4 Å². The fourth-order valence-corrected chi connectivity index (χ4v) is 1.87. The first-order valence-corrected chi connectivity index (χ1v) is 6.18. The Kier molecular flexibility index (Phi) is 3.66. The van der Waals surface area contributed by atoms with Crippen molar-refractivity contribution in [3.63, 3.8) is 0 Å². The van der Waals surface area contributed by atoms with Crippen LogP contribution in [-0.4, -0.2) is 24.1 Å². The lowest BCUT2D eigenvalue weighted by atomic mass is 10.2. The Bertz CT molecular complexity index is 556. The van der Waals surface area contributed by atoms with E-state index in [2.05, 4.69) is 31.2 Å². The third kappa shape index (κ3) is 2.53. The molecule has 94 valence electrons. The molecule has 0 saturated heterocycles. The van der Waals surface area contributed by atoms with E-state index in [1.807, 2.05) is 43.3 Å². The van der Waals surface area contributed by atoms with Gasteiger partial charge in [-0.05, 0) is 28.1 Å². The monoisotopic (exact) mass is 307 g/mol. The first kappa shape index (κ1) is 12.6. The lowest BCUT2D eigenvalue weighted by Crippen LogP contribution is -2.11. The van der Waals surface area contributed by atoms with Gasteiger partial charge < -0.3 is 16.0 Å². The smallest absolute Gasteiger partial charge is 0.150 e. The van der Waals surface area contributed by atoms with E-state index in [1.165, 1.54) is 6.33 Å². The number of nitrogen functional groups attached to an aromatic ring is 1. The van der Waals surface area contributed by atoms with Gasteiger partial charge in [0.15, 0.2) is 0 Å². The van der Waals surface area contributed by atoms with Crippen LogP contribution in [0, 0.1) is 0 Å². The van der Waals surface area contributed by atoms with Crippen LogP contribution >= 0.6 is 15.9 Å². The van der Waals surface area contributed by atoms with E-state index in [-0.39, 0.29) is 0 Å². The molecule has 2 rings (SSSR count). The number of nitrogens with two attached hydrogens (primary N) is 1. The number of para-hydroxylation sites is 2. The number of nitrogens with one attached hydrogen (secondary N) is 1. The summed E-state index contributed by atoms with van der Waals surface area (Å²) in [6.07, 6.45) is 1.43. The predicted molar refractivity (Wildman–Crippen MR) is 78.2 cm³/mol. The molecular weight excluding hydrogens is 294 g/mol. The van der Waals surface area contributed by atoms with Crippen molar-refractivity contribution in [1.82, 2.24) is 9.97 Å². The molecule has 6 heteroatoms. The van der Waals surface area contributed by atoms with Crippen LogP contribution in [0.1, 0.15) is 0 Å². The zero-order chi connectivity index (χ0) is 13.1. The molecule has 0 atom stereocenters. The van der Waals surface area contributed by atoms with Gasteiger partial charge in [0, 0.05) is 14.1 Å². The van der Waals surface area contributed by atoms with E-state index in [1.54, 1.807) is 0 Å². The molecule has 1 aromatic heterocycles. The van der Waals surface area contributed by atoms with Crippen molar-refractivity contribution in [1.29, 1.82) is 0 Å². The molecule has 0 bridgehead atoms. The summed E-state index contributed by atoms with van der Waals surface area (Å²) in [5.74, 6) is 1.06. The average molecular weight is 308 g/mol. The van der Waals surface area contributed by atoms with Gasteiger partial charge in [-0.3, -0.25) is 0 Å². The fraction of sp³-hybridized carbons (Fsp3) is 0.167. The van der Waals surface area contributed by atoms with Crippen LogP contribution < -0.4 is 16.0 Å². The number of halogens is 1. The molecule has 0 amide bonds. The lowest BCUT2D eigenvalue weighted by molar-refractivity contribution is 1.12. The number of rotatable bonds is 3. The van der Waals surface area contributed by atoms with Crippen molar-refractivity contribution >= 4 is 38.9 Å². The molecule has 5 nitrogen and oxygen atoms in total. The fourth-order valence-electron chi connectivity index (χ4n) is 1.57. The number of aromatic nitrogens is 2. The molecule has 0 aliphatic rings. The third-order valence-corrected chi connectivity index (χ3v) is 3.24. The standard InChI is InChI=1S/C12H14BrN5/c1-18(2)9-6-4-3-5-8(9)17-12-10(13)11(14)15-7-16-12/h3-7H,1-2H3,(H3,14,15,16,17). The highest BCUT2D eigenvalue weighted by atomic mass is 79.9. The predicted octanol–water partition coefficient (Wildman–Crippen LogP) is 2.63. The Morgan fingerprint density at radius 2 is 1.94 bits per heavy atom. The molecule has 0 radical (unpaired) electrons. The van der Waals surface area contributed by atoms with E-state index in [0.29, 0.717) is 16.1 Å². The topological polar surface area (TPSA) is 67.1 Å². The maximum Gasteiger partial charge on any atom is 0.150 e. The Balaban J connectivity index is 2.37. The Morgan fingerprint density at radius 1 is 1.22 bits per heavy atom. The highest BCUT2D eigenvalue weighted by Gasteiger charge is 2.09. The summed E-state index contributed by atoms with van der Waals surface area (Å²) in [6.45, 7) is 0. The lowest BCUT2D eigenvalue weighted by Gasteiger charge is -2.18. The first-order valence-electron chi connectivity index (χ1n) is 5.39. The third-order valence-electron chi connectivity index (χ3n) is 2.46. The number of anilines is 4. The second-order valence-electron chi connectivity index (χ2n) is 3.96. The van der Waals surface area contributed by atoms with Crippen molar-refractivity contribution < 1.29 is 0 Å². The van der Waals surface area contributed by atoms with Crippen LogP contribution in [-0.2, 0) is 0 Å². The Labute approximate surface area is 114 Å². The van der Waals surface area contributed by atoms with Crippen LogP contribution in [0.4, 0.5) is 23.0 Å². The second-order valence-corrected chi connectivity index (χ2v) is 4.75. The van der Waals surface area contributed by atoms with E-state index in [4.69, 9.17) is 5.73 Å². The van der Waals surface area contributed by atoms with E-state index in [0.717, 1.165) is 11.4 Å². The average Bonchev–Trinajstić information content (AvgIpc) is 2.35. The SMILES string of the molecule is CN(C)c1ccccc1Nc1ncnc(N)c1Br. The summed E-state index contributed by atoms with van der Waals surface area (Å²) < 4.78 is 0.665. The highest BCUT2D eigenvalue weighted by Crippen LogP contribution is 2.31. The van der Waals surface area contributed by atoms with Gasteiger partial charge in [-0.1, -0.05) is 12.1 Å². The molecular formula is C12H14BrN5. The normalized spacial score (nSPS) is 10.2. The van der Waals surface area contributed by atoms with Gasteiger partial charge in [0.1, 0.15) is 22.4 Å². The van der Waals surface area contributed by atoms with Crippen molar-refractivity contribution in [2.45, 2.75) is 0 Å². The molecule has 1 aromatic carbocycles. The molecule has 0 fully saturated rings. The molecule has 0 aliphatic heterocycles. The minimum absolute atomic E-state index is 0.412. The van der Waals surface area contributed by atoms with Gasteiger partial charge in [-0.25, -0.2) is 9.97 Å². The maximum absolute atomic E-state index is 5.72. The number of nitrogens with zero attached hydrogens (tertiary/aromatic N) is 3. The minimum atomic E-state index is 0.412. The molecule has 1 heterocycles. The van der Waals surface area contributed by atoms with Gasteiger partial charge in [-0.2, -0.15) is 0 Å². The molecule has 18 heavy (non-hydrogen) atoms. The molecule has 0 saturated carbocycles. The minimum Gasteiger partial charge on any atom is -0.383 e. The summed E-state index contributed by atoms with van der Waals surface area (Å²) in [6, 6.07) is 7.97. The van der Waals surface area contributed by atoms with E-state index >= 15 is 0 Å². The summed E-state index contributed by atoms with van der Waals surface area (Å²) >= 11 is 3.37. The second kappa shape index (κ2) is 5.22. The zero-order valence-electron chi connectivity index (χ0n) is 10.2. The summed E-state index contributed by atoms with van der Waals surface area (Å²) in [4.78, 5) is 10.1. The number of hydrogen-bond acceptors (Lipinski definition) is 5. The van der Waals surface area contributed by atoms with Crippen molar-refractivity contribution in [3.8, 4) is 0 Å². The van der Waals surface area contributed by atoms with Crippen molar-refractivity contribution in [2.75, 3.05) is 30.0 Å². The molecule has 3 N–H and O–H groups in total. The molecule has 0 unspecified atom stereocenters. The Hall–Kier alpha value is -1.82. The zero-order valence-corrected chi connectivity index (χ0v) is 11.8. The van der Waals surface area contributed by atoms with Gasteiger partial charge in [-0.15, -0.1) is 0 Å². The van der Waals surface area contributed by atoms with Crippen LogP contribution in [0.5, 0.6) is 0 Å².